The van der Waals surface area contributed by atoms with Gasteiger partial charge in [-0.2, -0.15) is 4.98 Å². The molecule has 0 saturated carbocycles. The maximum absolute atomic E-state index is 12.1. The Kier molecular flexibility index (Phi) is 8.66. The molecule has 11 heteroatoms. The van der Waals surface area contributed by atoms with E-state index in [-0.39, 0.29) is 23.0 Å². The van der Waals surface area contributed by atoms with Gasteiger partial charge in [0, 0.05) is 32.2 Å². The van der Waals surface area contributed by atoms with Crippen LogP contribution < -0.4 is 9.57 Å². The van der Waals surface area contributed by atoms with E-state index in [1.807, 2.05) is 13.8 Å². The smallest absolute Gasteiger partial charge is 0.409 e. The fourth-order valence-corrected chi connectivity index (χ4v) is 4.01. The van der Waals surface area contributed by atoms with E-state index in [4.69, 9.17) is 14.3 Å². The monoisotopic (exact) mass is 504 g/mol. The standard InChI is InChI=1S/C24H32N4O6S/c1-16(2)14-32-24(29)28-12-10-20(11-13-28)33-22-17(3)23(26-15-25-22)34-27-18(4)19-6-8-21(9-7-19)35(5,30)31/h6-9,15-16,20H,10-14H2,1-5H3/b27-18-. The highest BCUT2D eigenvalue weighted by atomic mass is 32.2. The number of piperidine rings is 1. The average Bonchev–Trinajstić information content (AvgIpc) is 2.83. The number of benzene rings is 1. The molecule has 190 valence electrons. The molecule has 0 N–H and O–H groups in total. The SMILES string of the molecule is C/C(=N/Oc1ncnc(OC2CCN(C(=O)OCC(C)C)CC2)c1C)c1ccc(S(C)(=O)=O)cc1. The third-order valence-electron chi connectivity index (χ3n) is 5.48. The predicted octanol–water partition coefficient (Wildman–Crippen LogP) is 3.63. The van der Waals surface area contributed by atoms with Crippen LogP contribution in [0.3, 0.4) is 0 Å². The maximum atomic E-state index is 12.1. The van der Waals surface area contributed by atoms with Gasteiger partial charge in [-0.3, -0.25) is 0 Å². The van der Waals surface area contributed by atoms with Crippen LogP contribution in [0, 0.1) is 12.8 Å². The zero-order valence-corrected chi connectivity index (χ0v) is 21.5. The first kappa shape index (κ1) is 26.4. The van der Waals surface area contributed by atoms with Crippen LogP contribution in [0.15, 0.2) is 40.6 Å². The molecule has 1 aliphatic rings. The Hall–Kier alpha value is -3.21. The zero-order valence-electron chi connectivity index (χ0n) is 20.7. The predicted molar refractivity (Wildman–Crippen MR) is 131 cm³/mol. The van der Waals surface area contributed by atoms with Crippen molar-refractivity contribution in [1.82, 2.24) is 14.9 Å². The third-order valence-corrected chi connectivity index (χ3v) is 6.61. The van der Waals surface area contributed by atoms with Crippen LogP contribution in [0.4, 0.5) is 4.79 Å². The number of carbonyl (C=O) groups excluding carboxylic acids is 1. The number of oxime groups is 1. The highest BCUT2D eigenvalue weighted by Crippen LogP contribution is 2.26. The molecule has 3 rings (SSSR count). The molecular formula is C24H32N4O6S. The topological polar surface area (TPSA) is 120 Å². The number of likely N-dealkylation sites (tertiary alicyclic amines) is 1. The minimum absolute atomic E-state index is 0.0933. The Morgan fingerprint density at radius 3 is 2.37 bits per heavy atom. The normalized spacial score (nSPS) is 15.3. The minimum atomic E-state index is -3.26. The van der Waals surface area contributed by atoms with Crippen molar-refractivity contribution in [3.05, 3.63) is 41.7 Å². The van der Waals surface area contributed by atoms with Crippen molar-refractivity contribution in [1.29, 1.82) is 0 Å². The molecule has 0 bridgehead atoms. The summed E-state index contributed by atoms with van der Waals surface area (Å²) in [5.41, 5.74) is 1.89. The highest BCUT2D eigenvalue weighted by molar-refractivity contribution is 7.90. The second-order valence-electron chi connectivity index (χ2n) is 8.95. The Morgan fingerprint density at radius 2 is 1.77 bits per heavy atom. The number of amides is 1. The van der Waals surface area contributed by atoms with E-state index in [1.54, 1.807) is 30.9 Å². The number of sulfone groups is 1. The Balaban J connectivity index is 1.58. The lowest BCUT2D eigenvalue weighted by atomic mass is 10.1. The van der Waals surface area contributed by atoms with E-state index < -0.39 is 9.84 Å². The number of carbonyl (C=O) groups is 1. The van der Waals surface area contributed by atoms with E-state index in [2.05, 4.69) is 15.1 Å². The molecule has 1 aromatic heterocycles. The second kappa shape index (κ2) is 11.5. The Bertz CT molecular complexity index is 1160. The fourth-order valence-electron chi connectivity index (χ4n) is 3.38. The van der Waals surface area contributed by atoms with Crippen LogP contribution in [0.5, 0.6) is 11.8 Å². The molecular weight excluding hydrogens is 472 g/mol. The molecule has 0 aliphatic carbocycles. The number of hydrogen-bond acceptors (Lipinski definition) is 9. The summed E-state index contributed by atoms with van der Waals surface area (Å²) in [5, 5.41) is 4.13. The zero-order chi connectivity index (χ0) is 25.6. The van der Waals surface area contributed by atoms with Gasteiger partial charge in [0.1, 0.15) is 12.4 Å². The van der Waals surface area contributed by atoms with Crippen molar-refractivity contribution in [3.8, 4) is 11.8 Å². The first-order chi connectivity index (χ1) is 16.5. The molecule has 10 nitrogen and oxygen atoms in total. The van der Waals surface area contributed by atoms with Gasteiger partial charge in [0.2, 0.25) is 5.88 Å². The van der Waals surface area contributed by atoms with Crippen LogP contribution in [0.1, 0.15) is 44.7 Å². The van der Waals surface area contributed by atoms with Gasteiger partial charge in [0.25, 0.3) is 5.88 Å². The van der Waals surface area contributed by atoms with Gasteiger partial charge in [0.05, 0.1) is 22.8 Å². The fraction of sp³-hybridized carbons (Fsp3) is 0.500. The maximum Gasteiger partial charge on any atom is 0.409 e. The summed E-state index contributed by atoms with van der Waals surface area (Å²) in [7, 11) is -3.26. The number of ether oxygens (including phenoxy) is 2. The van der Waals surface area contributed by atoms with E-state index in [0.717, 1.165) is 11.8 Å². The molecule has 1 aliphatic heterocycles. The molecule has 35 heavy (non-hydrogen) atoms. The Morgan fingerprint density at radius 1 is 1.14 bits per heavy atom. The van der Waals surface area contributed by atoms with Gasteiger partial charge in [-0.1, -0.05) is 31.1 Å². The van der Waals surface area contributed by atoms with Crippen molar-refractivity contribution in [3.63, 3.8) is 0 Å². The van der Waals surface area contributed by atoms with Gasteiger partial charge >= 0.3 is 6.09 Å². The van der Waals surface area contributed by atoms with E-state index in [9.17, 15) is 13.2 Å². The number of nitrogens with zero attached hydrogens (tertiary/aromatic N) is 4. The summed E-state index contributed by atoms with van der Waals surface area (Å²) in [6, 6.07) is 6.40. The van der Waals surface area contributed by atoms with Crippen LogP contribution in [-0.2, 0) is 14.6 Å². The van der Waals surface area contributed by atoms with Crippen LogP contribution in [-0.4, -0.2) is 67.1 Å². The molecule has 2 heterocycles. The molecule has 0 atom stereocenters. The van der Waals surface area contributed by atoms with Crippen molar-refractivity contribution < 1.29 is 27.5 Å². The van der Waals surface area contributed by atoms with E-state index in [0.29, 0.717) is 55.6 Å². The van der Waals surface area contributed by atoms with Crippen LogP contribution >= 0.6 is 0 Å². The van der Waals surface area contributed by atoms with Gasteiger partial charge in [-0.05, 0) is 37.5 Å². The summed E-state index contributed by atoms with van der Waals surface area (Å²) in [5.74, 6) is 0.962. The second-order valence-corrected chi connectivity index (χ2v) is 11.0. The summed E-state index contributed by atoms with van der Waals surface area (Å²) in [6.45, 7) is 9.05. The average molecular weight is 505 g/mol. The van der Waals surface area contributed by atoms with Crippen molar-refractivity contribution in [2.24, 2.45) is 11.1 Å². The van der Waals surface area contributed by atoms with Gasteiger partial charge in [-0.25, -0.2) is 18.2 Å². The van der Waals surface area contributed by atoms with Crippen molar-refractivity contribution in [2.45, 2.75) is 51.5 Å². The number of aromatic nitrogens is 2. The van der Waals surface area contributed by atoms with Gasteiger partial charge in [0.15, 0.2) is 9.84 Å². The summed E-state index contributed by atoms with van der Waals surface area (Å²) in [4.78, 5) is 28.0. The molecule has 0 unspecified atom stereocenters. The van der Waals surface area contributed by atoms with Gasteiger partial charge < -0.3 is 19.2 Å². The summed E-state index contributed by atoms with van der Waals surface area (Å²) in [6.07, 6.45) is 3.46. The molecule has 1 fully saturated rings. The summed E-state index contributed by atoms with van der Waals surface area (Å²) >= 11 is 0. The molecule has 0 radical (unpaired) electrons. The molecule has 1 aromatic carbocycles. The number of rotatable bonds is 8. The molecule has 2 aromatic rings. The molecule has 1 saturated heterocycles. The van der Waals surface area contributed by atoms with Crippen LogP contribution in [0.2, 0.25) is 0 Å². The lowest BCUT2D eigenvalue weighted by Gasteiger charge is -2.31. The summed E-state index contributed by atoms with van der Waals surface area (Å²) < 4.78 is 34.6. The molecule has 1 amide bonds. The first-order valence-electron chi connectivity index (χ1n) is 11.5. The third kappa shape index (κ3) is 7.38. The quantitative estimate of drug-likeness (QED) is 0.395. The first-order valence-corrected chi connectivity index (χ1v) is 13.4. The lowest BCUT2D eigenvalue weighted by molar-refractivity contribution is 0.0602. The lowest BCUT2D eigenvalue weighted by Crippen LogP contribution is -2.42. The van der Waals surface area contributed by atoms with E-state index >= 15 is 0 Å². The largest absolute Gasteiger partial charge is 0.474 e. The van der Waals surface area contributed by atoms with Crippen molar-refractivity contribution in [2.75, 3.05) is 26.0 Å². The number of hydrogen-bond donors (Lipinski definition) is 0. The Labute approximate surface area is 206 Å². The van der Waals surface area contributed by atoms with Crippen molar-refractivity contribution >= 4 is 21.6 Å². The minimum Gasteiger partial charge on any atom is -0.474 e. The highest BCUT2D eigenvalue weighted by Gasteiger charge is 2.26. The van der Waals surface area contributed by atoms with Gasteiger partial charge in [-0.15, -0.1) is 0 Å². The molecule has 0 spiro atoms. The van der Waals surface area contributed by atoms with Crippen LogP contribution in [0.25, 0.3) is 0 Å². The van der Waals surface area contributed by atoms with E-state index in [1.165, 1.54) is 18.5 Å².